The molecule has 0 saturated heterocycles. The first kappa shape index (κ1) is 12.7. The molecule has 0 radical (unpaired) electrons. The zero-order valence-corrected chi connectivity index (χ0v) is 12.2. The van der Waals surface area contributed by atoms with Crippen LogP contribution in [-0.4, -0.2) is 9.97 Å². The highest BCUT2D eigenvalue weighted by molar-refractivity contribution is 6.51. The van der Waals surface area contributed by atoms with Crippen LogP contribution in [0.4, 0.5) is 0 Å². The molecule has 3 rings (SSSR count). The van der Waals surface area contributed by atoms with Gasteiger partial charge in [-0.1, -0.05) is 58.5 Å². The highest BCUT2D eigenvalue weighted by Crippen LogP contribution is 2.53. The first-order valence-electron chi connectivity index (χ1n) is 5.43. The third-order valence-electron chi connectivity index (χ3n) is 3.02. The second-order valence-corrected chi connectivity index (χ2v) is 7.29. The normalized spacial score (nSPS) is 20.7. The summed E-state index contributed by atoms with van der Waals surface area (Å²) < 4.78 is -2.17. The lowest BCUT2D eigenvalue weighted by atomic mass is 9.98. The zero-order chi connectivity index (χ0) is 13.0. The molecule has 0 aliphatic heterocycles. The monoisotopic (exact) mass is 320 g/mol. The highest BCUT2D eigenvalue weighted by atomic mass is 35.5. The highest BCUT2D eigenvalue weighted by Gasteiger charge is 2.46. The smallest absolute Gasteiger partial charge is 0.161 e. The van der Waals surface area contributed by atoms with E-state index in [4.69, 9.17) is 46.4 Å². The van der Waals surface area contributed by atoms with Crippen molar-refractivity contribution in [1.29, 1.82) is 0 Å². The lowest BCUT2D eigenvalue weighted by Crippen LogP contribution is -2.30. The molecular weight excluding hydrogens is 314 g/mol. The fraction of sp³-hybridized carbons (Fsp3) is 0.333. The van der Waals surface area contributed by atoms with Crippen molar-refractivity contribution in [3.8, 4) is 0 Å². The van der Waals surface area contributed by atoms with Crippen molar-refractivity contribution in [1.82, 2.24) is 9.97 Å². The number of halogens is 4. The van der Waals surface area contributed by atoms with Crippen molar-refractivity contribution >= 4 is 57.4 Å². The zero-order valence-electron chi connectivity index (χ0n) is 9.13. The van der Waals surface area contributed by atoms with Gasteiger partial charge in [0.05, 0.1) is 11.0 Å². The predicted octanol–water partition coefficient (Wildman–Crippen LogP) is 4.68. The lowest BCUT2D eigenvalue weighted by Gasteiger charge is -2.33. The predicted molar refractivity (Wildman–Crippen MR) is 75.5 cm³/mol. The molecule has 1 aliphatic rings. The number of nitrogens with zero attached hydrogens (tertiary/aromatic N) is 2. The van der Waals surface area contributed by atoms with E-state index < -0.39 is 8.67 Å². The van der Waals surface area contributed by atoms with Crippen LogP contribution >= 0.6 is 46.4 Å². The molecule has 1 aliphatic carbocycles. The molecule has 0 bridgehead atoms. The maximum Gasteiger partial charge on any atom is 0.161 e. The van der Waals surface area contributed by atoms with E-state index in [1.807, 2.05) is 24.3 Å². The Balaban J connectivity index is 2.35. The van der Waals surface area contributed by atoms with Crippen LogP contribution in [0.15, 0.2) is 24.3 Å². The molecule has 0 unspecified atom stereocenters. The van der Waals surface area contributed by atoms with Crippen molar-refractivity contribution < 1.29 is 0 Å². The van der Waals surface area contributed by atoms with Gasteiger partial charge in [-0.05, 0) is 25.0 Å². The minimum absolute atomic E-state index is 0.448. The van der Waals surface area contributed by atoms with E-state index >= 15 is 0 Å². The quantitative estimate of drug-likeness (QED) is 0.658. The van der Waals surface area contributed by atoms with Crippen molar-refractivity contribution in [2.75, 3.05) is 0 Å². The van der Waals surface area contributed by atoms with E-state index in [0.29, 0.717) is 24.2 Å². The standard InChI is InChI=1S/C12H8Cl4N2/c13-11(14)5-6-12(15,16)10-9(11)17-7-3-1-2-4-8(7)18-10/h1-4H,5-6H2. The van der Waals surface area contributed by atoms with E-state index in [2.05, 4.69) is 9.97 Å². The van der Waals surface area contributed by atoms with Crippen LogP contribution in [0.3, 0.4) is 0 Å². The lowest BCUT2D eigenvalue weighted by molar-refractivity contribution is 0.551. The minimum atomic E-state index is -1.08. The Kier molecular flexibility index (Phi) is 2.91. The number of hydrogen-bond acceptors (Lipinski definition) is 2. The van der Waals surface area contributed by atoms with Gasteiger partial charge in [-0.3, -0.25) is 0 Å². The summed E-state index contributed by atoms with van der Waals surface area (Å²) >= 11 is 25.1. The molecule has 94 valence electrons. The van der Waals surface area contributed by atoms with Gasteiger partial charge in [0.25, 0.3) is 0 Å². The van der Waals surface area contributed by atoms with Gasteiger partial charge in [-0.2, -0.15) is 0 Å². The van der Waals surface area contributed by atoms with Crippen LogP contribution in [0.2, 0.25) is 0 Å². The molecule has 0 atom stereocenters. The van der Waals surface area contributed by atoms with Crippen molar-refractivity contribution in [2.24, 2.45) is 0 Å². The Labute approximate surface area is 124 Å². The summed E-state index contributed by atoms with van der Waals surface area (Å²) in [4.78, 5) is 8.94. The maximum atomic E-state index is 6.28. The molecule has 1 aromatic heterocycles. The number of fused-ring (bicyclic) bond motifs is 2. The van der Waals surface area contributed by atoms with Crippen LogP contribution < -0.4 is 0 Å². The maximum absolute atomic E-state index is 6.28. The summed E-state index contributed by atoms with van der Waals surface area (Å²) in [7, 11) is 0. The summed E-state index contributed by atoms with van der Waals surface area (Å²) in [6.45, 7) is 0. The van der Waals surface area contributed by atoms with Gasteiger partial charge < -0.3 is 0 Å². The molecule has 2 aromatic rings. The molecule has 0 fully saturated rings. The molecule has 1 heterocycles. The van der Waals surface area contributed by atoms with Gasteiger partial charge in [0.2, 0.25) is 0 Å². The average molecular weight is 322 g/mol. The number of aromatic nitrogens is 2. The number of alkyl halides is 4. The summed E-state index contributed by atoms with van der Waals surface area (Å²) in [6, 6.07) is 7.46. The molecule has 1 aromatic carbocycles. The van der Waals surface area contributed by atoms with Crippen molar-refractivity contribution in [2.45, 2.75) is 21.5 Å². The van der Waals surface area contributed by atoms with E-state index in [9.17, 15) is 0 Å². The molecule has 0 spiro atoms. The molecular formula is C12H8Cl4N2. The summed E-state index contributed by atoms with van der Waals surface area (Å²) in [5, 5.41) is 0. The number of benzene rings is 1. The Morgan fingerprint density at radius 2 is 1.17 bits per heavy atom. The van der Waals surface area contributed by atoms with Crippen LogP contribution in [0, 0.1) is 0 Å². The van der Waals surface area contributed by atoms with Gasteiger partial charge in [0, 0.05) is 0 Å². The average Bonchev–Trinajstić information content (AvgIpc) is 2.34. The molecule has 2 nitrogen and oxygen atoms in total. The summed E-state index contributed by atoms with van der Waals surface area (Å²) in [5.41, 5.74) is 2.38. The number of para-hydroxylation sites is 2. The minimum Gasteiger partial charge on any atom is -0.246 e. The Morgan fingerprint density at radius 3 is 1.56 bits per heavy atom. The Bertz CT molecular complexity index is 570. The van der Waals surface area contributed by atoms with Gasteiger partial charge in [-0.15, -0.1) is 0 Å². The summed E-state index contributed by atoms with van der Waals surface area (Å²) in [5.74, 6) is 0. The Morgan fingerprint density at radius 1 is 0.778 bits per heavy atom. The molecule has 0 amide bonds. The van der Waals surface area contributed by atoms with Gasteiger partial charge in [-0.25, -0.2) is 9.97 Å². The van der Waals surface area contributed by atoms with Gasteiger partial charge in [0.15, 0.2) is 8.67 Å². The molecule has 6 heteroatoms. The summed E-state index contributed by atoms with van der Waals surface area (Å²) in [6.07, 6.45) is 0.895. The molecule has 18 heavy (non-hydrogen) atoms. The van der Waals surface area contributed by atoms with E-state index in [1.165, 1.54) is 0 Å². The van der Waals surface area contributed by atoms with Crippen LogP contribution in [0.5, 0.6) is 0 Å². The first-order valence-corrected chi connectivity index (χ1v) is 6.95. The largest absolute Gasteiger partial charge is 0.246 e. The van der Waals surface area contributed by atoms with Gasteiger partial charge >= 0.3 is 0 Å². The van der Waals surface area contributed by atoms with Crippen LogP contribution in [-0.2, 0) is 8.67 Å². The first-order chi connectivity index (χ1) is 8.40. The SMILES string of the molecule is ClC1(Cl)CCC(Cl)(Cl)c2nc3ccccc3nc21. The molecule has 0 N–H and O–H groups in total. The Hall–Kier alpha value is -0.280. The van der Waals surface area contributed by atoms with Crippen molar-refractivity contribution in [3.05, 3.63) is 35.7 Å². The third-order valence-corrected chi connectivity index (χ3v) is 4.49. The number of hydrogen-bond donors (Lipinski definition) is 0. The third kappa shape index (κ3) is 1.96. The fourth-order valence-corrected chi connectivity index (χ4v) is 2.97. The van der Waals surface area contributed by atoms with E-state index in [1.54, 1.807) is 0 Å². The number of rotatable bonds is 0. The van der Waals surface area contributed by atoms with E-state index in [-0.39, 0.29) is 0 Å². The van der Waals surface area contributed by atoms with E-state index in [0.717, 1.165) is 11.0 Å². The second-order valence-electron chi connectivity index (χ2n) is 4.32. The van der Waals surface area contributed by atoms with Crippen molar-refractivity contribution in [3.63, 3.8) is 0 Å². The van der Waals surface area contributed by atoms with Crippen LogP contribution in [0.1, 0.15) is 24.2 Å². The molecule has 0 saturated carbocycles. The topological polar surface area (TPSA) is 25.8 Å². The van der Waals surface area contributed by atoms with Gasteiger partial charge in [0.1, 0.15) is 11.4 Å². The van der Waals surface area contributed by atoms with Crippen LogP contribution in [0.25, 0.3) is 11.0 Å². The second kappa shape index (κ2) is 4.11. The fourth-order valence-electron chi connectivity index (χ4n) is 2.06.